The lowest BCUT2D eigenvalue weighted by molar-refractivity contribution is 0.217. The van der Waals surface area contributed by atoms with Crippen molar-refractivity contribution in [2.75, 3.05) is 0 Å². The lowest BCUT2D eigenvalue weighted by Crippen LogP contribution is -2.21. The molecule has 0 radical (unpaired) electrons. The number of hydrogen-bond acceptors (Lipinski definition) is 0. The molecule has 0 heterocycles. The quantitative estimate of drug-likeness (QED) is 0.422. The van der Waals surface area contributed by atoms with Crippen molar-refractivity contribution in [3.8, 4) is 0 Å². The maximum absolute atomic E-state index is 1.66. The summed E-state index contributed by atoms with van der Waals surface area (Å²) in [6, 6.07) is 0. The van der Waals surface area contributed by atoms with Crippen molar-refractivity contribution in [2.24, 2.45) is 29.1 Å². The van der Waals surface area contributed by atoms with E-state index in [2.05, 4.69) is 0 Å². The topological polar surface area (TPSA) is 0 Å². The molecule has 4 aliphatic rings. The molecule has 0 N–H and O–H groups in total. The highest BCUT2D eigenvalue weighted by molar-refractivity contribution is 5.43. The van der Waals surface area contributed by atoms with E-state index in [-0.39, 0.29) is 0 Å². The van der Waals surface area contributed by atoms with Gasteiger partial charge in [0, 0.05) is 0 Å². The third-order valence-electron chi connectivity index (χ3n) is 4.24. The van der Waals surface area contributed by atoms with Crippen LogP contribution in [0.3, 0.4) is 0 Å². The molecule has 4 aliphatic carbocycles. The van der Waals surface area contributed by atoms with Crippen LogP contribution in [0, 0.1) is 29.1 Å². The van der Waals surface area contributed by atoms with Gasteiger partial charge in [-0.2, -0.15) is 0 Å². The minimum Gasteiger partial charge on any atom is -0.0462 e. The normalized spacial score (nSPS) is 96.0. The standard InChI is InChI=1S/C7H8/c1-3-5-2-7(5)4(1)6(3)7/h3-6H,1-2H2. The summed E-state index contributed by atoms with van der Waals surface area (Å²) in [6.45, 7) is 0. The van der Waals surface area contributed by atoms with Gasteiger partial charge in [-0.25, -0.2) is 0 Å². The first-order chi connectivity index (χ1) is 3.44. The minimum absolute atomic E-state index is 1.09. The third-order valence-corrected chi connectivity index (χ3v) is 4.24. The van der Waals surface area contributed by atoms with Crippen LogP contribution in [0.5, 0.6) is 0 Å². The lowest BCUT2D eigenvalue weighted by Gasteiger charge is -2.26. The first-order valence-corrected chi connectivity index (χ1v) is 3.44. The Hall–Kier alpha value is 0. The number of hydrogen-bond donors (Lipinski definition) is 0. The van der Waals surface area contributed by atoms with Crippen LogP contribution in [-0.2, 0) is 0 Å². The fraction of sp³-hybridized carbons (Fsp3) is 1.00. The first-order valence-electron chi connectivity index (χ1n) is 3.44. The number of fused-ring (bicyclic) bond motifs is 1. The summed E-state index contributed by atoms with van der Waals surface area (Å²) in [5.74, 6) is 5.19. The Balaban J connectivity index is 2.19. The second-order valence-electron chi connectivity index (χ2n) is 3.95. The van der Waals surface area contributed by atoms with Gasteiger partial charge in [-0.15, -0.1) is 0 Å². The predicted octanol–water partition coefficient (Wildman–Crippen LogP) is 1.27. The average Bonchev–Trinajstić information content (AvgIpc) is 2.20. The van der Waals surface area contributed by atoms with Gasteiger partial charge in [0.05, 0.1) is 0 Å². The smallest absolute Gasteiger partial charge is 0.0198 e. The SMILES string of the molecule is C1C2C3CC34C1C24. The zero-order valence-electron chi connectivity index (χ0n) is 4.22. The average molecular weight is 92.1 g/mol. The molecule has 1 spiro atoms. The fourth-order valence-corrected chi connectivity index (χ4v) is 3.86. The molecular weight excluding hydrogens is 84.1 g/mol. The van der Waals surface area contributed by atoms with Gasteiger partial charge in [-0.3, -0.25) is 0 Å². The van der Waals surface area contributed by atoms with Crippen LogP contribution in [0.4, 0.5) is 0 Å². The third kappa shape index (κ3) is 0.0784. The van der Waals surface area contributed by atoms with Crippen molar-refractivity contribution in [3.05, 3.63) is 0 Å². The van der Waals surface area contributed by atoms with Crippen LogP contribution in [0.2, 0.25) is 0 Å². The predicted molar refractivity (Wildman–Crippen MR) is 25.6 cm³/mol. The van der Waals surface area contributed by atoms with Gasteiger partial charge in [-0.05, 0) is 41.9 Å². The zero-order valence-corrected chi connectivity index (χ0v) is 4.22. The Morgan fingerprint density at radius 3 is 2.43 bits per heavy atom. The molecule has 5 atom stereocenters. The second-order valence-corrected chi connectivity index (χ2v) is 3.95. The molecule has 0 aromatic carbocycles. The van der Waals surface area contributed by atoms with Crippen LogP contribution >= 0.6 is 0 Å². The van der Waals surface area contributed by atoms with Crippen LogP contribution in [0.25, 0.3) is 0 Å². The van der Waals surface area contributed by atoms with Crippen LogP contribution in [0.1, 0.15) is 12.8 Å². The van der Waals surface area contributed by atoms with E-state index in [0.29, 0.717) is 0 Å². The van der Waals surface area contributed by atoms with Crippen LogP contribution in [-0.4, -0.2) is 0 Å². The molecule has 4 rings (SSSR count). The maximum atomic E-state index is 1.66. The van der Waals surface area contributed by atoms with Gasteiger partial charge in [0.2, 0.25) is 0 Å². The Morgan fingerprint density at radius 1 is 1.29 bits per heavy atom. The molecular formula is C7H8. The van der Waals surface area contributed by atoms with Gasteiger partial charge in [0.1, 0.15) is 0 Å². The summed E-state index contributed by atoms with van der Waals surface area (Å²) in [6.07, 6.45) is 3.31. The number of rotatable bonds is 0. The van der Waals surface area contributed by atoms with E-state index in [0.717, 1.165) is 5.41 Å². The summed E-state index contributed by atoms with van der Waals surface area (Å²) in [7, 11) is 0. The summed E-state index contributed by atoms with van der Waals surface area (Å²) in [4.78, 5) is 0. The maximum Gasteiger partial charge on any atom is -0.0198 e. The molecule has 0 bridgehead atoms. The first kappa shape index (κ1) is 2.52. The Bertz CT molecular complexity index is 143. The Kier molecular flexibility index (Phi) is 0.135. The monoisotopic (exact) mass is 92.1 g/mol. The molecule has 0 aromatic heterocycles. The zero-order chi connectivity index (χ0) is 4.22. The van der Waals surface area contributed by atoms with Crippen molar-refractivity contribution in [1.82, 2.24) is 0 Å². The highest BCUT2D eigenvalue weighted by atomic mass is 15.0. The van der Waals surface area contributed by atoms with E-state index in [1.54, 1.807) is 12.8 Å². The molecule has 0 heteroatoms. The highest BCUT2D eigenvalue weighted by Gasteiger charge is 2.95. The van der Waals surface area contributed by atoms with Gasteiger partial charge in [0.15, 0.2) is 0 Å². The summed E-state index contributed by atoms with van der Waals surface area (Å²) in [5.41, 5.74) is 1.09. The Morgan fingerprint density at radius 2 is 2.29 bits per heavy atom. The van der Waals surface area contributed by atoms with Gasteiger partial charge < -0.3 is 0 Å². The minimum atomic E-state index is 1.09. The van der Waals surface area contributed by atoms with Crippen LogP contribution < -0.4 is 0 Å². The summed E-state index contributed by atoms with van der Waals surface area (Å²) >= 11 is 0. The van der Waals surface area contributed by atoms with Crippen molar-refractivity contribution < 1.29 is 0 Å². The lowest BCUT2D eigenvalue weighted by atomic mass is 9.78. The van der Waals surface area contributed by atoms with E-state index in [4.69, 9.17) is 0 Å². The van der Waals surface area contributed by atoms with Crippen LogP contribution in [0.15, 0.2) is 0 Å². The molecule has 0 aliphatic heterocycles. The van der Waals surface area contributed by atoms with E-state index < -0.39 is 0 Å². The largest absolute Gasteiger partial charge is 0.0462 e. The van der Waals surface area contributed by atoms with Gasteiger partial charge in [0.25, 0.3) is 0 Å². The van der Waals surface area contributed by atoms with Gasteiger partial charge in [-0.1, -0.05) is 0 Å². The van der Waals surface area contributed by atoms with Crippen molar-refractivity contribution in [2.45, 2.75) is 12.8 Å². The molecule has 5 unspecified atom stereocenters. The van der Waals surface area contributed by atoms with Crippen molar-refractivity contribution in [3.63, 3.8) is 0 Å². The highest BCUT2D eigenvalue weighted by Crippen LogP contribution is 3.01. The molecule has 0 amide bonds. The molecule has 7 heavy (non-hydrogen) atoms. The van der Waals surface area contributed by atoms with E-state index in [9.17, 15) is 0 Å². The molecule has 4 saturated carbocycles. The Labute approximate surface area is 42.9 Å². The van der Waals surface area contributed by atoms with Gasteiger partial charge >= 0.3 is 0 Å². The fourth-order valence-electron chi connectivity index (χ4n) is 3.86. The second kappa shape index (κ2) is 0.375. The van der Waals surface area contributed by atoms with E-state index in [1.165, 1.54) is 23.7 Å². The van der Waals surface area contributed by atoms with Crippen molar-refractivity contribution >= 4 is 0 Å². The summed E-state index contributed by atoms with van der Waals surface area (Å²) in [5, 5.41) is 0. The van der Waals surface area contributed by atoms with E-state index in [1.807, 2.05) is 0 Å². The van der Waals surface area contributed by atoms with Crippen molar-refractivity contribution in [1.29, 1.82) is 0 Å². The molecule has 0 saturated heterocycles. The molecule has 4 fully saturated rings. The van der Waals surface area contributed by atoms with E-state index >= 15 is 0 Å². The molecule has 0 nitrogen and oxygen atoms in total. The molecule has 36 valence electrons. The molecule has 0 aromatic rings. The summed E-state index contributed by atoms with van der Waals surface area (Å²) < 4.78 is 0.